The van der Waals surface area contributed by atoms with Crippen LogP contribution in [0.3, 0.4) is 0 Å². The van der Waals surface area contributed by atoms with Crippen LogP contribution in [0, 0.1) is 11.8 Å². The second kappa shape index (κ2) is 9.98. The van der Waals surface area contributed by atoms with Crippen molar-refractivity contribution in [3.63, 3.8) is 0 Å². The van der Waals surface area contributed by atoms with Crippen LogP contribution in [0.25, 0.3) is 0 Å². The Labute approximate surface area is 124 Å². The molecule has 0 aliphatic carbocycles. The number of amides is 1. The monoisotopic (exact) mass is 281 g/mol. The average Bonchev–Trinajstić information content (AvgIpc) is 2.44. The number of nitrogens with one attached hydrogen (secondary N) is 1. The predicted molar refractivity (Wildman–Crippen MR) is 83.6 cm³/mol. The van der Waals surface area contributed by atoms with Crippen LogP contribution in [0.4, 0.5) is 0 Å². The average molecular weight is 281 g/mol. The topological polar surface area (TPSA) is 38.3 Å². The fourth-order valence-corrected chi connectivity index (χ4v) is 2.75. The number of allylic oxidation sites excluding steroid dienone is 1. The molecule has 1 fully saturated rings. The molecule has 1 N–H and O–H groups in total. The Morgan fingerprint density at radius 3 is 2.95 bits per heavy atom. The first-order chi connectivity index (χ1) is 9.61. The second-order valence-corrected chi connectivity index (χ2v) is 6.27. The highest BCUT2D eigenvalue weighted by atomic mass is 16.5. The van der Waals surface area contributed by atoms with Crippen LogP contribution in [0.15, 0.2) is 11.6 Å². The summed E-state index contributed by atoms with van der Waals surface area (Å²) in [5.74, 6) is 1.21. The molecule has 0 radical (unpaired) electrons. The van der Waals surface area contributed by atoms with Gasteiger partial charge in [-0.15, -0.1) is 0 Å². The lowest BCUT2D eigenvalue weighted by molar-refractivity contribution is -0.116. The SMILES string of the molecule is CCCCC(C)CC(C)=CC(=O)NCC1CCCOC1. The summed E-state index contributed by atoms with van der Waals surface area (Å²) < 4.78 is 5.42. The van der Waals surface area contributed by atoms with Crippen molar-refractivity contribution in [2.45, 2.75) is 59.3 Å². The number of rotatable bonds is 8. The van der Waals surface area contributed by atoms with Gasteiger partial charge in [0.2, 0.25) is 5.91 Å². The van der Waals surface area contributed by atoms with Crippen molar-refractivity contribution in [1.82, 2.24) is 5.32 Å². The van der Waals surface area contributed by atoms with E-state index >= 15 is 0 Å². The molecule has 0 aromatic carbocycles. The van der Waals surface area contributed by atoms with E-state index in [4.69, 9.17) is 4.74 Å². The quantitative estimate of drug-likeness (QED) is 0.689. The van der Waals surface area contributed by atoms with Crippen LogP contribution in [0.5, 0.6) is 0 Å². The molecule has 3 nitrogen and oxygen atoms in total. The first-order valence-corrected chi connectivity index (χ1v) is 8.14. The lowest BCUT2D eigenvalue weighted by Crippen LogP contribution is -2.32. The summed E-state index contributed by atoms with van der Waals surface area (Å²) in [5, 5.41) is 3.00. The van der Waals surface area contributed by atoms with Gasteiger partial charge < -0.3 is 10.1 Å². The molecule has 3 heteroatoms. The van der Waals surface area contributed by atoms with E-state index in [9.17, 15) is 4.79 Å². The molecule has 0 bridgehead atoms. The van der Waals surface area contributed by atoms with Crippen LogP contribution in [0.2, 0.25) is 0 Å². The third-order valence-electron chi connectivity index (χ3n) is 3.92. The van der Waals surface area contributed by atoms with Gasteiger partial charge in [-0.2, -0.15) is 0 Å². The third kappa shape index (κ3) is 7.68. The Hall–Kier alpha value is -0.830. The van der Waals surface area contributed by atoms with E-state index in [0.29, 0.717) is 11.8 Å². The lowest BCUT2D eigenvalue weighted by Gasteiger charge is -2.21. The summed E-state index contributed by atoms with van der Waals surface area (Å²) in [6.07, 6.45) is 8.86. The fraction of sp³-hybridized carbons (Fsp3) is 0.824. The normalized spacial score (nSPS) is 21.6. The van der Waals surface area contributed by atoms with Crippen LogP contribution < -0.4 is 5.32 Å². The molecule has 1 rings (SSSR count). The van der Waals surface area contributed by atoms with E-state index in [1.807, 2.05) is 0 Å². The van der Waals surface area contributed by atoms with Gasteiger partial charge in [0.25, 0.3) is 0 Å². The molecule has 1 amide bonds. The van der Waals surface area contributed by atoms with Crippen LogP contribution in [0.1, 0.15) is 59.3 Å². The van der Waals surface area contributed by atoms with Crippen molar-refractivity contribution >= 4 is 5.91 Å². The van der Waals surface area contributed by atoms with Crippen molar-refractivity contribution in [3.05, 3.63) is 11.6 Å². The van der Waals surface area contributed by atoms with Crippen molar-refractivity contribution in [2.75, 3.05) is 19.8 Å². The van der Waals surface area contributed by atoms with E-state index in [2.05, 4.69) is 26.1 Å². The highest BCUT2D eigenvalue weighted by Gasteiger charge is 2.14. The molecular weight excluding hydrogens is 250 g/mol. The Morgan fingerprint density at radius 2 is 2.30 bits per heavy atom. The minimum absolute atomic E-state index is 0.0516. The highest BCUT2D eigenvalue weighted by molar-refractivity contribution is 5.88. The van der Waals surface area contributed by atoms with Crippen LogP contribution >= 0.6 is 0 Å². The minimum Gasteiger partial charge on any atom is -0.381 e. The lowest BCUT2D eigenvalue weighted by atomic mass is 9.96. The summed E-state index contributed by atoms with van der Waals surface area (Å²) in [5.41, 5.74) is 1.19. The zero-order valence-corrected chi connectivity index (χ0v) is 13.4. The van der Waals surface area contributed by atoms with Crippen LogP contribution in [-0.4, -0.2) is 25.7 Å². The van der Waals surface area contributed by atoms with E-state index in [1.165, 1.54) is 24.8 Å². The Morgan fingerprint density at radius 1 is 1.50 bits per heavy atom. The van der Waals surface area contributed by atoms with Gasteiger partial charge in [0.1, 0.15) is 0 Å². The molecule has 2 unspecified atom stereocenters. The van der Waals surface area contributed by atoms with Crippen molar-refractivity contribution in [1.29, 1.82) is 0 Å². The Balaban J connectivity index is 2.22. The largest absolute Gasteiger partial charge is 0.381 e. The maximum absolute atomic E-state index is 11.9. The fourth-order valence-electron chi connectivity index (χ4n) is 2.75. The van der Waals surface area contributed by atoms with Crippen molar-refractivity contribution < 1.29 is 9.53 Å². The maximum atomic E-state index is 11.9. The van der Waals surface area contributed by atoms with Crippen molar-refractivity contribution in [2.24, 2.45) is 11.8 Å². The molecule has 0 saturated carbocycles. The van der Waals surface area contributed by atoms with Gasteiger partial charge in [-0.1, -0.05) is 38.7 Å². The molecule has 116 valence electrons. The van der Waals surface area contributed by atoms with Gasteiger partial charge in [0, 0.05) is 19.2 Å². The van der Waals surface area contributed by atoms with E-state index in [-0.39, 0.29) is 5.91 Å². The number of ether oxygens (including phenoxy) is 1. The van der Waals surface area contributed by atoms with Gasteiger partial charge >= 0.3 is 0 Å². The Bertz CT molecular complexity index is 306. The van der Waals surface area contributed by atoms with E-state index < -0.39 is 0 Å². The van der Waals surface area contributed by atoms with Gasteiger partial charge in [0.05, 0.1) is 6.61 Å². The number of carbonyl (C=O) groups is 1. The first-order valence-electron chi connectivity index (χ1n) is 8.14. The predicted octanol–water partition coefficient (Wildman–Crippen LogP) is 3.69. The first kappa shape index (κ1) is 17.2. The van der Waals surface area contributed by atoms with E-state index in [0.717, 1.165) is 39.0 Å². The summed E-state index contributed by atoms with van der Waals surface area (Å²) >= 11 is 0. The molecule has 1 heterocycles. The molecule has 0 aromatic rings. The summed E-state index contributed by atoms with van der Waals surface area (Å²) in [4.78, 5) is 11.9. The molecule has 0 spiro atoms. The number of hydrogen-bond acceptors (Lipinski definition) is 2. The Kier molecular flexibility index (Phi) is 8.59. The smallest absolute Gasteiger partial charge is 0.243 e. The van der Waals surface area contributed by atoms with Gasteiger partial charge in [-0.25, -0.2) is 0 Å². The zero-order chi connectivity index (χ0) is 14.8. The highest BCUT2D eigenvalue weighted by Crippen LogP contribution is 2.17. The molecular formula is C17H31NO2. The standard InChI is InChI=1S/C17H31NO2/c1-4-5-7-14(2)10-15(3)11-17(19)18-12-16-8-6-9-20-13-16/h11,14,16H,4-10,12-13H2,1-3H3,(H,18,19). The molecule has 1 aliphatic rings. The van der Waals surface area contributed by atoms with Gasteiger partial charge in [-0.3, -0.25) is 4.79 Å². The van der Waals surface area contributed by atoms with Gasteiger partial charge in [-0.05, 0) is 38.0 Å². The van der Waals surface area contributed by atoms with E-state index in [1.54, 1.807) is 6.08 Å². The van der Waals surface area contributed by atoms with Gasteiger partial charge in [0.15, 0.2) is 0 Å². The third-order valence-corrected chi connectivity index (χ3v) is 3.92. The molecule has 1 aliphatic heterocycles. The summed E-state index contributed by atoms with van der Waals surface area (Å²) in [6, 6.07) is 0. The second-order valence-electron chi connectivity index (χ2n) is 6.27. The molecule has 0 aromatic heterocycles. The molecule has 2 atom stereocenters. The summed E-state index contributed by atoms with van der Waals surface area (Å²) in [6.45, 7) is 8.96. The number of unbranched alkanes of at least 4 members (excludes halogenated alkanes) is 1. The summed E-state index contributed by atoms with van der Waals surface area (Å²) in [7, 11) is 0. The van der Waals surface area contributed by atoms with Crippen LogP contribution in [-0.2, 0) is 9.53 Å². The molecule has 1 saturated heterocycles. The number of carbonyl (C=O) groups excluding carboxylic acids is 1. The minimum atomic E-state index is 0.0516. The maximum Gasteiger partial charge on any atom is 0.243 e. The number of hydrogen-bond donors (Lipinski definition) is 1. The van der Waals surface area contributed by atoms with Crippen molar-refractivity contribution in [3.8, 4) is 0 Å². The zero-order valence-electron chi connectivity index (χ0n) is 13.4. The molecule has 20 heavy (non-hydrogen) atoms.